The minimum absolute atomic E-state index is 0.320. The molecule has 0 aliphatic rings. The highest BCUT2D eigenvalue weighted by Gasteiger charge is 2.03. The van der Waals surface area contributed by atoms with Gasteiger partial charge in [-0.3, -0.25) is 0 Å². The molecule has 0 bridgehead atoms. The number of benzene rings is 1. The number of phenolic OH excluding ortho intramolecular Hbond substituents is 1. The predicted molar refractivity (Wildman–Crippen MR) is 64.4 cm³/mol. The molecule has 0 aliphatic heterocycles. The maximum atomic E-state index is 9.67. The lowest BCUT2D eigenvalue weighted by Crippen LogP contribution is -2.15. The SMILES string of the molecule is Cc1ccc(O)c(CNCc2nncn2C)c1. The van der Waals surface area contributed by atoms with Crippen LogP contribution in [-0.4, -0.2) is 19.9 Å². The van der Waals surface area contributed by atoms with E-state index in [4.69, 9.17) is 0 Å². The number of nitrogens with zero attached hydrogens (tertiary/aromatic N) is 3. The monoisotopic (exact) mass is 232 g/mol. The largest absolute Gasteiger partial charge is 0.508 e. The Bertz CT molecular complexity index is 507. The first-order valence-electron chi connectivity index (χ1n) is 5.49. The quantitative estimate of drug-likeness (QED) is 0.829. The Balaban J connectivity index is 1.94. The second kappa shape index (κ2) is 4.97. The number of aromatic nitrogens is 3. The number of phenols is 1. The van der Waals surface area contributed by atoms with Crippen LogP contribution in [0.1, 0.15) is 17.0 Å². The van der Waals surface area contributed by atoms with Crippen molar-refractivity contribution in [2.24, 2.45) is 7.05 Å². The molecule has 2 N–H and O–H groups in total. The summed E-state index contributed by atoms with van der Waals surface area (Å²) in [4.78, 5) is 0. The summed E-state index contributed by atoms with van der Waals surface area (Å²) in [5.74, 6) is 1.19. The first-order chi connectivity index (χ1) is 8.16. The highest BCUT2D eigenvalue weighted by Crippen LogP contribution is 2.17. The van der Waals surface area contributed by atoms with Gasteiger partial charge in [-0.2, -0.15) is 0 Å². The average Bonchev–Trinajstić information content (AvgIpc) is 2.70. The number of hydrogen-bond donors (Lipinski definition) is 2. The molecule has 90 valence electrons. The van der Waals surface area contributed by atoms with Crippen molar-refractivity contribution < 1.29 is 5.11 Å². The number of nitrogens with one attached hydrogen (secondary N) is 1. The Hall–Kier alpha value is -1.88. The summed E-state index contributed by atoms with van der Waals surface area (Å²) in [6.45, 7) is 3.25. The molecule has 2 rings (SSSR count). The second-order valence-electron chi connectivity index (χ2n) is 4.09. The lowest BCUT2D eigenvalue weighted by molar-refractivity contribution is 0.463. The summed E-state index contributed by atoms with van der Waals surface area (Å²) in [6.07, 6.45) is 1.67. The summed E-state index contributed by atoms with van der Waals surface area (Å²) in [7, 11) is 1.90. The van der Waals surface area contributed by atoms with Crippen molar-refractivity contribution in [3.05, 3.63) is 41.5 Å². The van der Waals surface area contributed by atoms with Crippen LogP contribution >= 0.6 is 0 Å². The molecule has 0 aliphatic carbocycles. The van der Waals surface area contributed by atoms with Crippen LogP contribution in [0, 0.1) is 6.92 Å². The van der Waals surface area contributed by atoms with Gasteiger partial charge < -0.3 is 15.0 Å². The van der Waals surface area contributed by atoms with Gasteiger partial charge in [-0.05, 0) is 13.0 Å². The molecule has 5 heteroatoms. The third kappa shape index (κ3) is 2.82. The van der Waals surface area contributed by atoms with Crippen LogP contribution in [0.2, 0.25) is 0 Å². The van der Waals surface area contributed by atoms with Gasteiger partial charge in [0.05, 0.1) is 6.54 Å². The molecule has 0 radical (unpaired) electrons. The Morgan fingerprint density at radius 2 is 2.18 bits per heavy atom. The van der Waals surface area contributed by atoms with E-state index in [1.165, 1.54) is 0 Å². The third-order valence-electron chi connectivity index (χ3n) is 2.64. The molecule has 0 amide bonds. The fourth-order valence-electron chi connectivity index (χ4n) is 1.63. The Labute approximate surface area is 100 Å². The Morgan fingerprint density at radius 1 is 1.35 bits per heavy atom. The third-order valence-corrected chi connectivity index (χ3v) is 2.64. The van der Waals surface area contributed by atoms with E-state index >= 15 is 0 Å². The van der Waals surface area contributed by atoms with Crippen LogP contribution in [0.25, 0.3) is 0 Å². The van der Waals surface area contributed by atoms with Crippen LogP contribution < -0.4 is 5.32 Å². The summed E-state index contributed by atoms with van der Waals surface area (Å²) >= 11 is 0. The molecule has 1 aromatic carbocycles. The molecule has 0 saturated carbocycles. The summed E-state index contributed by atoms with van der Waals surface area (Å²) in [5, 5.41) is 20.7. The van der Waals surface area contributed by atoms with Crippen LogP contribution in [0.3, 0.4) is 0 Å². The van der Waals surface area contributed by atoms with E-state index in [0.29, 0.717) is 18.8 Å². The van der Waals surface area contributed by atoms with Crippen LogP contribution in [0.4, 0.5) is 0 Å². The molecule has 1 aromatic heterocycles. The van der Waals surface area contributed by atoms with Gasteiger partial charge in [0.2, 0.25) is 0 Å². The Morgan fingerprint density at radius 3 is 2.88 bits per heavy atom. The normalized spacial score (nSPS) is 10.7. The molecule has 0 spiro atoms. The molecule has 1 heterocycles. The van der Waals surface area contributed by atoms with Gasteiger partial charge in [-0.25, -0.2) is 0 Å². The molecule has 0 saturated heterocycles. The minimum Gasteiger partial charge on any atom is -0.508 e. The molecule has 0 atom stereocenters. The lowest BCUT2D eigenvalue weighted by Gasteiger charge is -2.07. The number of hydrogen-bond acceptors (Lipinski definition) is 4. The van der Waals surface area contributed by atoms with Gasteiger partial charge in [0, 0.05) is 19.2 Å². The summed E-state index contributed by atoms with van der Waals surface area (Å²) in [5.41, 5.74) is 2.03. The van der Waals surface area contributed by atoms with Gasteiger partial charge >= 0.3 is 0 Å². The maximum absolute atomic E-state index is 9.67. The van der Waals surface area contributed by atoms with Gasteiger partial charge in [-0.15, -0.1) is 10.2 Å². The van der Waals surface area contributed by atoms with Gasteiger partial charge in [0.25, 0.3) is 0 Å². The highest BCUT2D eigenvalue weighted by atomic mass is 16.3. The molecular formula is C12H16N4O. The van der Waals surface area contributed by atoms with Gasteiger partial charge in [0.1, 0.15) is 17.9 Å². The zero-order valence-corrected chi connectivity index (χ0v) is 10.0. The summed E-state index contributed by atoms with van der Waals surface area (Å²) < 4.78 is 1.86. The van der Waals surface area contributed by atoms with Crippen LogP contribution in [0.15, 0.2) is 24.5 Å². The topological polar surface area (TPSA) is 63.0 Å². The number of aromatic hydroxyl groups is 1. The van der Waals surface area contributed by atoms with Crippen LogP contribution in [-0.2, 0) is 20.1 Å². The minimum atomic E-state index is 0.320. The van der Waals surface area contributed by atoms with Gasteiger partial charge in [0.15, 0.2) is 0 Å². The lowest BCUT2D eigenvalue weighted by atomic mass is 10.1. The first-order valence-corrected chi connectivity index (χ1v) is 5.49. The van der Waals surface area contributed by atoms with Crippen molar-refractivity contribution in [2.75, 3.05) is 0 Å². The molecule has 2 aromatic rings. The van der Waals surface area contributed by atoms with Crippen molar-refractivity contribution in [2.45, 2.75) is 20.0 Å². The van der Waals surface area contributed by atoms with Gasteiger partial charge in [-0.1, -0.05) is 17.7 Å². The van der Waals surface area contributed by atoms with E-state index in [9.17, 15) is 5.11 Å². The fourth-order valence-corrected chi connectivity index (χ4v) is 1.63. The smallest absolute Gasteiger partial charge is 0.146 e. The molecule has 5 nitrogen and oxygen atoms in total. The van der Waals surface area contributed by atoms with E-state index in [2.05, 4.69) is 15.5 Å². The van der Waals surface area contributed by atoms with Crippen molar-refractivity contribution in [3.63, 3.8) is 0 Å². The second-order valence-corrected chi connectivity index (χ2v) is 4.09. The number of rotatable bonds is 4. The van der Waals surface area contributed by atoms with Crippen molar-refractivity contribution >= 4 is 0 Å². The van der Waals surface area contributed by atoms with E-state index < -0.39 is 0 Å². The van der Waals surface area contributed by atoms with E-state index in [-0.39, 0.29) is 0 Å². The number of aryl methyl sites for hydroxylation is 2. The maximum Gasteiger partial charge on any atom is 0.146 e. The molecular weight excluding hydrogens is 216 g/mol. The highest BCUT2D eigenvalue weighted by molar-refractivity contribution is 5.35. The van der Waals surface area contributed by atoms with Crippen molar-refractivity contribution in [1.82, 2.24) is 20.1 Å². The summed E-state index contributed by atoms with van der Waals surface area (Å²) in [6, 6.07) is 5.58. The standard InChI is InChI=1S/C12H16N4O/c1-9-3-4-11(17)10(5-9)6-13-7-12-15-14-8-16(12)2/h3-5,8,13,17H,6-7H2,1-2H3. The van der Waals surface area contributed by atoms with E-state index in [1.54, 1.807) is 12.4 Å². The fraction of sp³-hybridized carbons (Fsp3) is 0.333. The van der Waals surface area contributed by atoms with E-state index in [0.717, 1.165) is 17.0 Å². The molecule has 0 fully saturated rings. The van der Waals surface area contributed by atoms with Crippen molar-refractivity contribution in [3.8, 4) is 5.75 Å². The zero-order chi connectivity index (χ0) is 12.3. The molecule has 17 heavy (non-hydrogen) atoms. The molecule has 0 unspecified atom stereocenters. The zero-order valence-electron chi connectivity index (χ0n) is 10.0. The Kier molecular flexibility index (Phi) is 3.39. The van der Waals surface area contributed by atoms with Crippen LogP contribution in [0.5, 0.6) is 5.75 Å². The predicted octanol–water partition coefficient (Wildman–Crippen LogP) is 1.12. The first kappa shape index (κ1) is 11.6. The van der Waals surface area contributed by atoms with Crippen molar-refractivity contribution in [1.29, 1.82) is 0 Å². The van der Waals surface area contributed by atoms with E-state index in [1.807, 2.05) is 30.7 Å². The average molecular weight is 232 g/mol.